The lowest BCUT2D eigenvalue weighted by molar-refractivity contribution is -0.385. The SMILES string of the molecule is Cc1cc(C)nc(Oc2ccc(NC(=O)c3ccccc3[N+](=O)[O-])cc2)n1. The number of hydrogen-bond acceptors (Lipinski definition) is 6. The van der Waals surface area contributed by atoms with Crippen molar-refractivity contribution in [2.24, 2.45) is 0 Å². The van der Waals surface area contributed by atoms with Gasteiger partial charge < -0.3 is 10.1 Å². The van der Waals surface area contributed by atoms with E-state index < -0.39 is 10.8 Å². The van der Waals surface area contributed by atoms with Gasteiger partial charge in [0, 0.05) is 23.1 Å². The molecule has 0 atom stereocenters. The molecule has 0 aliphatic rings. The standard InChI is InChI=1S/C19H16N4O4/c1-12-11-13(2)21-19(20-12)27-15-9-7-14(8-10-15)22-18(24)16-5-3-4-6-17(16)23(25)26/h3-11H,1-2H3,(H,22,24). The predicted molar refractivity (Wildman–Crippen MR) is 99.1 cm³/mol. The number of aryl methyl sites for hydroxylation is 2. The molecule has 0 fully saturated rings. The fourth-order valence-corrected chi connectivity index (χ4v) is 2.47. The Morgan fingerprint density at radius 2 is 1.67 bits per heavy atom. The van der Waals surface area contributed by atoms with Crippen LogP contribution in [-0.2, 0) is 0 Å². The Labute approximate surface area is 155 Å². The Morgan fingerprint density at radius 1 is 1.04 bits per heavy atom. The van der Waals surface area contributed by atoms with Crippen LogP contribution in [0.4, 0.5) is 11.4 Å². The van der Waals surface area contributed by atoms with Crippen molar-refractivity contribution >= 4 is 17.3 Å². The average molecular weight is 364 g/mol. The third-order valence-corrected chi connectivity index (χ3v) is 3.63. The van der Waals surface area contributed by atoms with Crippen molar-refractivity contribution in [1.82, 2.24) is 9.97 Å². The lowest BCUT2D eigenvalue weighted by atomic mass is 10.1. The van der Waals surface area contributed by atoms with E-state index in [4.69, 9.17) is 4.74 Å². The van der Waals surface area contributed by atoms with E-state index in [1.165, 1.54) is 18.2 Å². The third kappa shape index (κ3) is 4.43. The van der Waals surface area contributed by atoms with Crippen molar-refractivity contribution in [3.63, 3.8) is 0 Å². The minimum atomic E-state index is -0.588. The van der Waals surface area contributed by atoms with Crippen LogP contribution in [0.3, 0.4) is 0 Å². The molecule has 0 saturated heterocycles. The van der Waals surface area contributed by atoms with E-state index in [2.05, 4.69) is 15.3 Å². The summed E-state index contributed by atoms with van der Waals surface area (Å²) in [6, 6.07) is 14.4. The molecule has 0 aliphatic carbocycles. The molecule has 0 unspecified atom stereocenters. The Bertz CT molecular complexity index is 983. The Morgan fingerprint density at radius 3 is 2.30 bits per heavy atom. The maximum Gasteiger partial charge on any atom is 0.322 e. The normalized spacial score (nSPS) is 10.3. The van der Waals surface area contributed by atoms with Crippen LogP contribution < -0.4 is 10.1 Å². The molecule has 1 N–H and O–H groups in total. The second-order valence-electron chi connectivity index (χ2n) is 5.79. The summed E-state index contributed by atoms with van der Waals surface area (Å²) in [7, 11) is 0. The molecular weight excluding hydrogens is 348 g/mol. The number of carbonyl (C=O) groups excluding carboxylic acids is 1. The van der Waals surface area contributed by atoms with E-state index in [1.807, 2.05) is 19.9 Å². The molecule has 0 bridgehead atoms. The summed E-state index contributed by atoms with van der Waals surface area (Å²) in [5, 5.41) is 13.7. The second-order valence-corrected chi connectivity index (χ2v) is 5.79. The first-order valence-corrected chi connectivity index (χ1v) is 8.07. The van der Waals surface area contributed by atoms with Crippen LogP contribution >= 0.6 is 0 Å². The van der Waals surface area contributed by atoms with Gasteiger partial charge in [0.1, 0.15) is 11.3 Å². The highest BCUT2D eigenvalue weighted by molar-refractivity contribution is 6.07. The number of ether oxygens (including phenoxy) is 1. The van der Waals surface area contributed by atoms with Crippen LogP contribution in [0, 0.1) is 24.0 Å². The molecular formula is C19H16N4O4. The molecule has 1 amide bonds. The zero-order chi connectivity index (χ0) is 19.4. The molecule has 3 aromatic rings. The van der Waals surface area contributed by atoms with E-state index in [9.17, 15) is 14.9 Å². The summed E-state index contributed by atoms with van der Waals surface area (Å²) in [5.74, 6) is -0.0581. The van der Waals surface area contributed by atoms with Crippen molar-refractivity contribution in [2.75, 3.05) is 5.32 Å². The molecule has 3 rings (SSSR count). The van der Waals surface area contributed by atoms with Crippen molar-refractivity contribution in [1.29, 1.82) is 0 Å². The zero-order valence-corrected chi connectivity index (χ0v) is 14.7. The third-order valence-electron chi connectivity index (χ3n) is 3.63. The Balaban J connectivity index is 1.72. The highest BCUT2D eigenvalue weighted by atomic mass is 16.6. The number of benzene rings is 2. The summed E-state index contributed by atoms with van der Waals surface area (Å²) in [6.07, 6.45) is 0. The van der Waals surface area contributed by atoms with Crippen LogP contribution in [-0.4, -0.2) is 20.8 Å². The van der Waals surface area contributed by atoms with E-state index in [-0.39, 0.29) is 17.3 Å². The summed E-state index contributed by atoms with van der Waals surface area (Å²) >= 11 is 0. The van der Waals surface area contributed by atoms with Crippen LogP contribution in [0.15, 0.2) is 54.6 Å². The maximum absolute atomic E-state index is 12.3. The van der Waals surface area contributed by atoms with Gasteiger partial charge in [-0.3, -0.25) is 14.9 Å². The number of nitrogens with one attached hydrogen (secondary N) is 1. The zero-order valence-electron chi connectivity index (χ0n) is 14.7. The average Bonchev–Trinajstić information content (AvgIpc) is 2.62. The molecule has 2 aromatic carbocycles. The largest absolute Gasteiger partial charge is 0.424 e. The number of rotatable bonds is 5. The lowest BCUT2D eigenvalue weighted by Gasteiger charge is -2.08. The fraction of sp³-hybridized carbons (Fsp3) is 0.105. The molecule has 0 saturated carbocycles. The van der Waals surface area contributed by atoms with E-state index in [0.717, 1.165) is 11.4 Å². The smallest absolute Gasteiger partial charge is 0.322 e. The summed E-state index contributed by atoms with van der Waals surface area (Å²) in [4.78, 5) is 31.2. The van der Waals surface area contributed by atoms with Gasteiger partial charge in [0.25, 0.3) is 11.6 Å². The minimum Gasteiger partial charge on any atom is -0.424 e. The first-order valence-electron chi connectivity index (χ1n) is 8.07. The molecule has 0 radical (unpaired) electrons. The highest BCUT2D eigenvalue weighted by Crippen LogP contribution is 2.23. The number of amides is 1. The van der Waals surface area contributed by atoms with Crippen molar-refractivity contribution in [3.05, 3.63) is 81.7 Å². The van der Waals surface area contributed by atoms with E-state index in [1.54, 1.807) is 30.3 Å². The van der Waals surface area contributed by atoms with Gasteiger partial charge in [-0.1, -0.05) is 12.1 Å². The first kappa shape index (κ1) is 18.0. The monoisotopic (exact) mass is 364 g/mol. The molecule has 27 heavy (non-hydrogen) atoms. The van der Waals surface area contributed by atoms with Gasteiger partial charge in [-0.2, -0.15) is 0 Å². The molecule has 1 heterocycles. The predicted octanol–water partition coefficient (Wildman–Crippen LogP) is 4.05. The van der Waals surface area contributed by atoms with E-state index in [0.29, 0.717) is 11.4 Å². The lowest BCUT2D eigenvalue weighted by Crippen LogP contribution is -2.13. The maximum atomic E-state index is 12.3. The molecule has 8 nitrogen and oxygen atoms in total. The number of aromatic nitrogens is 2. The van der Waals surface area contributed by atoms with E-state index >= 15 is 0 Å². The molecule has 1 aromatic heterocycles. The van der Waals surface area contributed by atoms with Gasteiger partial charge in [0.2, 0.25) is 0 Å². The van der Waals surface area contributed by atoms with Gasteiger partial charge in [-0.25, -0.2) is 9.97 Å². The van der Waals surface area contributed by atoms with Crippen molar-refractivity contribution < 1.29 is 14.5 Å². The molecule has 8 heteroatoms. The number of nitrogens with zero attached hydrogens (tertiary/aromatic N) is 3. The van der Waals surface area contributed by atoms with Crippen LogP contribution in [0.5, 0.6) is 11.8 Å². The summed E-state index contributed by atoms with van der Waals surface area (Å²) in [5.41, 5.74) is 1.82. The number of anilines is 1. The van der Waals surface area contributed by atoms with Gasteiger partial charge in [0.15, 0.2) is 0 Å². The van der Waals surface area contributed by atoms with Gasteiger partial charge in [0.05, 0.1) is 4.92 Å². The second kappa shape index (κ2) is 7.61. The summed E-state index contributed by atoms with van der Waals surface area (Å²) < 4.78 is 5.61. The Hall–Kier alpha value is -3.81. The molecule has 136 valence electrons. The highest BCUT2D eigenvalue weighted by Gasteiger charge is 2.19. The molecule has 0 spiro atoms. The number of nitro benzene ring substituents is 1. The summed E-state index contributed by atoms with van der Waals surface area (Å²) in [6.45, 7) is 3.70. The van der Waals surface area contributed by atoms with Crippen molar-refractivity contribution in [3.8, 4) is 11.8 Å². The van der Waals surface area contributed by atoms with Crippen LogP contribution in [0.25, 0.3) is 0 Å². The Kier molecular flexibility index (Phi) is 5.07. The number of hydrogen-bond donors (Lipinski definition) is 1. The number of nitro groups is 1. The first-order chi connectivity index (χ1) is 12.9. The fourth-order valence-electron chi connectivity index (χ4n) is 2.47. The topological polar surface area (TPSA) is 107 Å². The van der Waals surface area contributed by atoms with Crippen LogP contribution in [0.1, 0.15) is 21.7 Å². The quantitative estimate of drug-likeness (QED) is 0.541. The van der Waals surface area contributed by atoms with Crippen LogP contribution in [0.2, 0.25) is 0 Å². The molecule has 0 aliphatic heterocycles. The van der Waals surface area contributed by atoms with Gasteiger partial charge in [-0.05, 0) is 50.2 Å². The van der Waals surface area contributed by atoms with Crippen molar-refractivity contribution in [2.45, 2.75) is 13.8 Å². The van der Waals surface area contributed by atoms with Gasteiger partial charge >= 0.3 is 6.01 Å². The van der Waals surface area contributed by atoms with Gasteiger partial charge in [-0.15, -0.1) is 0 Å². The minimum absolute atomic E-state index is 0.00791. The number of carbonyl (C=O) groups is 1. The number of para-hydroxylation sites is 1.